The molecule has 0 aliphatic rings. The van der Waals surface area contributed by atoms with Crippen LogP contribution in [-0.4, -0.2) is 23.4 Å². The second-order valence-corrected chi connectivity index (χ2v) is 4.10. The third-order valence-electron chi connectivity index (χ3n) is 1.93. The second kappa shape index (κ2) is 5.44. The highest BCUT2D eigenvalue weighted by Crippen LogP contribution is 2.19. The third kappa shape index (κ3) is 4.00. The molecule has 0 aliphatic carbocycles. The predicted molar refractivity (Wildman–Crippen MR) is 60.3 cm³/mol. The van der Waals surface area contributed by atoms with Crippen molar-refractivity contribution in [3.63, 3.8) is 0 Å². The van der Waals surface area contributed by atoms with Gasteiger partial charge in [-0.15, -0.1) is 0 Å². The zero-order chi connectivity index (χ0) is 13.8. The Morgan fingerprint density at radius 1 is 1.39 bits per heavy atom. The average Bonchev–Trinajstić information content (AvgIpc) is 2.29. The van der Waals surface area contributed by atoms with E-state index >= 15 is 0 Å². The first-order valence-corrected chi connectivity index (χ1v) is 5.05. The molecule has 0 saturated heterocycles. The molecule has 0 fully saturated rings. The lowest BCUT2D eigenvalue weighted by molar-refractivity contribution is -0.384. The molecule has 0 heterocycles. The summed E-state index contributed by atoms with van der Waals surface area (Å²) in [4.78, 5) is 21.1. The minimum absolute atomic E-state index is 0.0836. The minimum Gasteiger partial charge on any atom is -0.425 e. The van der Waals surface area contributed by atoms with Crippen molar-refractivity contribution in [3.8, 4) is 5.75 Å². The van der Waals surface area contributed by atoms with Crippen molar-refractivity contribution in [2.24, 2.45) is 0 Å². The Bertz CT molecular complexity index is 443. The quantitative estimate of drug-likeness (QED) is 0.358. The van der Waals surface area contributed by atoms with Gasteiger partial charge >= 0.3 is 6.16 Å². The van der Waals surface area contributed by atoms with Gasteiger partial charge in [-0.1, -0.05) is 0 Å². The van der Waals surface area contributed by atoms with E-state index in [-0.39, 0.29) is 11.4 Å². The largest absolute Gasteiger partial charge is 0.514 e. The zero-order valence-electron chi connectivity index (χ0n) is 9.88. The van der Waals surface area contributed by atoms with Crippen LogP contribution < -0.4 is 4.74 Å². The highest BCUT2D eigenvalue weighted by Gasteiger charge is 2.24. The molecule has 0 spiro atoms. The number of alkyl halides is 1. The van der Waals surface area contributed by atoms with E-state index in [9.17, 15) is 19.3 Å². The number of nitro groups is 1. The number of rotatable bonds is 4. The number of hydrogen-bond donors (Lipinski definition) is 0. The summed E-state index contributed by atoms with van der Waals surface area (Å²) >= 11 is 0. The number of nitrogens with zero attached hydrogens (tertiary/aromatic N) is 1. The molecule has 7 heteroatoms. The van der Waals surface area contributed by atoms with Crippen molar-refractivity contribution in [1.29, 1.82) is 0 Å². The molecule has 0 saturated carbocycles. The monoisotopic (exact) mass is 257 g/mol. The number of nitro benzene ring substituents is 1. The number of halogens is 1. The molecule has 0 aromatic heterocycles. The fraction of sp³-hybridized carbons (Fsp3) is 0.364. The molecule has 98 valence electrons. The number of hydrogen-bond acceptors (Lipinski definition) is 5. The van der Waals surface area contributed by atoms with Crippen LogP contribution in [0.4, 0.5) is 14.9 Å². The lowest BCUT2D eigenvalue weighted by Gasteiger charge is -2.20. The number of non-ortho nitro benzene ring substituents is 1. The summed E-state index contributed by atoms with van der Waals surface area (Å²) in [6, 6.07) is 4.87. The molecule has 0 N–H and O–H groups in total. The maximum Gasteiger partial charge on any atom is 0.514 e. The molecule has 1 aromatic rings. The summed E-state index contributed by atoms with van der Waals surface area (Å²) in [5.41, 5.74) is -1.39. The smallest absolute Gasteiger partial charge is 0.425 e. The lowest BCUT2D eigenvalue weighted by Crippen LogP contribution is -2.31. The van der Waals surface area contributed by atoms with Gasteiger partial charge in [0, 0.05) is 12.1 Å². The normalized spacial score (nSPS) is 10.8. The van der Waals surface area contributed by atoms with Crippen molar-refractivity contribution in [2.75, 3.05) is 6.67 Å². The molecular weight excluding hydrogens is 245 g/mol. The van der Waals surface area contributed by atoms with E-state index in [4.69, 9.17) is 9.47 Å². The standard InChI is InChI=1S/C11H12FNO5/c1-11(2,7-12)18-10(14)17-9-5-3-8(4-6-9)13(15)16/h3-6H,7H2,1-2H3. The molecule has 0 unspecified atom stereocenters. The van der Waals surface area contributed by atoms with Crippen molar-refractivity contribution < 1.29 is 23.6 Å². The van der Waals surface area contributed by atoms with Gasteiger partial charge in [0.1, 0.15) is 18.0 Å². The van der Waals surface area contributed by atoms with Gasteiger partial charge in [0.05, 0.1) is 4.92 Å². The van der Waals surface area contributed by atoms with Crippen molar-refractivity contribution in [1.82, 2.24) is 0 Å². The third-order valence-corrected chi connectivity index (χ3v) is 1.93. The topological polar surface area (TPSA) is 78.7 Å². The summed E-state index contributed by atoms with van der Waals surface area (Å²) in [5, 5.41) is 10.4. The highest BCUT2D eigenvalue weighted by molar-refractivity contribution is 5.64. The molecule has 0 radical (unpaired) electrons. The molecule has 0 aliphatic heterocycles. The van der Waals surface area contributed by atoms with Crippen LogP contribution in [0.1, 0.15) is 13.8 Å². The number of carbonyl (C=O) groups is 1. The maximum atomic E-state index is 12.4. The van der Waals surface area contributed by atoms with Gasteiger partial charge in [0.2, 0.25) is 0 Å². The van der Waals surface area contributed by atoms with Crippen LogP contribution in [-0.2, 0) is 4.74 Å². The van der Waals surface area contributed by atoms with Crippen molar-refractivity contribution in [2.45, 2.75) is 19.4 Å². The summed E-state index contributed by atoms with van der Waals surface area (Å²) in [7, 11) is 0. The Kier molecular flexibility index (Phi) is 4.19. The Morgan fingerprint density at radius 3 is 2.39 bits per heavy atom. The molecule has 0 atom stereocenters. The highest BCUT2D eigenvalue weighted by atomic mass is 19.1. The summed E-state index contributed by atoms with van der Waals surface area (Å²) < 4.78 is 21.8. The van der Waals surface area contributed by atoms with E-state index in [1.807, 2.05) is 0 Å². The van der Waals surface area contributed by atoms with Crippen LogP contribution in [0.5, 0.6) is 5.75 Å². The minimum atomic E-state index is -1.27. The van der Waals surface area contributed by atoms with Gasteiger partial charge in [0.15, 0.2) is 0 Å². The SMILES string of the molecule is CC(C)(CF)OC(=O)Oc1ccc([N+](=O)[O-])cc1. The first-order valence-electron chi connectivity index (χ1n) is 5.05. The van der Waals surface area contributed by atoms with E-state index in [1.54, 1.807) is 0 Å². The van der Waals surface area contributed by atoms with Crippen LogP contribution in [0.2, 0.25) is 0 Å². The van der Waals surface area contributed by atoms with E-state index in [0.29, 0.717) is 0 Å². The van der Waals surface area contributed by atoms with Crippen molar-refractivity contribution in [3.05, 3.63) is 34.4 Å². The van der Waals surface area contributed by atoms with E-state index in [1.165, 1.54) is 38.1 Å². The fourth-order valence-corrected chi connectivity index (χ4v) is 1.01. The van der Waals surface area contributed by atoms with E-state index in [0.717, 1.165) is 0 Å². The van der Waals surface area contributed by atoms with Crippen LogP contribution >= 0.6 is 0 Å². The Morgan fingerprint density at radius 2 is 1.94 bits per heavy atom. The number of carbonyl (C=O) groups excluding carboxylic acids is 1. The van der Waals surface area contributed by atoms with Gasteiger partial charge in [-0.3, -0.25) is 10.1 Å². The number of benzene rings is 1. The number of ether oxygens (including phenoxy) is 2. The first-order chi connectivity index (χ1) is 8.34. The molecule has 1 rings (SSSR count). The van der Waals surface area contributed by atoms with E-state index in [2.05, 4.69) is 0 Å². The average molecular weight is 257 g/mol. The Labute approximate surface area is 102 Å². The van der Waals surface area contributed by atoms with Crippen LogP contribution in [0, 0.1) is 10.1 Å². The predicted octanol–water partition coefficient (Wildman–Crippen LogP) is 2.86. The van der Waals surface area contributed by atoms with Gasteiger partial charge in [0.25, 0.3) is 5.69 Å². The summed E-state index contributed by atoms with van der Waals surface area (Å²) in [5.74, 6) is 0.0836. The van der Waals surface area contributed by atoms with Crippen LogP contribution in [0.15, 0.2) is 24.3 Å². The van der Waals surface area contributed by atoms with Crippen LogP contribution in [0.3, 0.4) is 0 Å². The molecule has 1 aromatic carbocycles. The van der Waals surface area contributed by atoms with Gasteiger partial charge in [-0.05, 0) is 26.0 Å². The molecule has 6 nitrogen and oxygen atoms in total. The van der Waals surface area contributed by atoms with Crippen LogP contribution in [0.25, 0.3) is 0 Å². The molecule has 18 heavy (non-hydrogen) atoms. The van der Waals surface area contributed by atoms with Gasteiger partial charge in [-0.2, -0.15) is 0 Å². The molecule has 0 bridgehead atoms. The Balaban J connectivity index is 2.63. The second-order valence-electron chi connectivity index (χ2n) is 4.10. The van der Waals surface area contributed by atoms with Crippen molar-refractivity contribution >= 4 is 11.8 Å². The fourth-order valence-electron chi connectivity index (χ4n) is 1.01. The van der Waals surface area contributed by atoms with Gasteiger partial charge in [-0.25, -0.2) is 9.18 Å². The maximum absolute atomic E-state index is 12.4. The lowest BCUT2D eigenvalue weighted by atomic mass is 10.2. The molecular formula is C11H12FNO5. The first kappa shape index (κ1) is 13.9. The van der Waals surface area contributed by atoms with E-state index < -0.39 is 23.4 Å². The zero-order valence-corrected chi connectivity index (χ0v) is 9.88. The summed E-state index contributed by atoms with van der Waals surface area (Å²) in [6.07, 6.45) is -1.06. The van der Waals surface area contributed by atoms with Gasteiger partial charge < -0.3 is 9.47 Å². The summed E-state index contributed by atoms with van der Waals surface area (Å²) in [6.45, 7) is 1.94. The Hall–Kier alpha value is -2.18. The molecule has 0 amide bonds.